The van der Waals surface area contributed by atoms with Crippen molar-refractivity contribution >= 4 is 39.5 Å². The fraction of sp³-hybridized carbons (Fsp3) is 0.353. The molecule has 0 aliphatic heterocycles. The van der Waals surface area contributed by atoms with E-state index < -0.39 is 0 Å². The van der Waals surface area contributed by atoms with Crippen LogP contribution in [0.25, 0.3) is 21.9 Å². The third-order valence-electron chi connectivity index (χ3n) is 3.73. The van der Waals surface area contributed by atoms with Gasteiger partial charge >= 0.3 is 12.0 Å². The highest BCUT2D eigenvalue weighted by Crippen LogP contribution is 2.32. The molecule has 0 unspecified atom stereocenters. The normalized spacial score (nSPS) is 11.3. The number of halogens is 1. The van der Waals surface area contributed by atoms with Gasteiger partial charge < -0.3 is 4.74 Å². The maximum atomic E-state index is 11.7. The summed E-state index contributed by atoms with van der Waals surface area (Å²) in [6.45, 7) is 4.58. The lowest BCUT2D eigenvalue weighted by Gasteiger charge is -2.09. The van der Waals surface area contributed by atoms with E-state index in [9.17, 15) is 4.79 Å². The summed E-state index contributed by atoms with van der Waals surface area (Å²) in [5, 5.41) is 1.28. The standard InChI is InChI=1S/C17H18ClN3O2/c1-3-5-10-21-15-11-8-6-7-9-12(11)19-16(18)14(15)20-17(21)23-13(22)4-2/h6-9H,3-5,10H2,1-2H3. The van der Waals surface area contributed by atoms with Crippen LogP contribution in [0.3, 0.4) is 0 Å². The zero-order valence-corrected chi connectivity index (χ0v) is 13.9. The van der Waals surface area contributed by atoms with Crippen molar-refractivity contribution in [2.45, 2.75) is 39.7 Å². The summed E-state index contributed by atoms with van der Waals surface area (Å²) in [6.07, 6.45) is 2.28. The van der Waals surface area contributed by atoms with E-state index in [1.54, 1.807) is 6.92 Å². The van der Waals surface area contributed by atoms with Gasteiger partial charge in [0.2, 0.25) is 0 Å². The number of para-hydroxylation sites is 1. The summed E-state index contributed by atoms with van der Waals surface area (Å²) in [5.41, 5.74) is 2.24. The molecule has 0 saturated heterocycles. The van der Waals surface area contributed by atoms with Gasteiger partial charge in [0, 0.05) is 18.4 Å². The fourth-order valence-electron chi connectivity index (χ4n) is 2.55. The Balaban J connectivity index is 2.29. The molecule has 0 fully saturated rings. The topological polar surface area (TPSA) is 57.0 Å². The molecule has 0 saturated carbocycles. The van der Waals surface area contributed by atoms with Crippen molar-refractivity contribution in [1.29, 1.82) is 0 Å². The largest absolute Gasteiger partial charge is 0.392 e. The van der Waals surface area contributed by atoms with Gasteiger partial charge in [0.15, 0.2) is 5.15 Å². The van der Waals surface area contributed by atoms with Crippen LogP contribution in [0, 0.1) is 0 Å². The minimum atomic E-state index is -0.313. The molecule has 0 bridgehead atoms. The van der Waals surface area contributed by atoms with E-state index in [2.05, 4.69) is 16.9 Å². The predicted molar refractivity (Wildman–Crippen MR) is 90.9 cm³/mol. The van der Waals surface area contributed by atoms with Crippen molar-refractivity contribution in [3.05, 3.63) is 29.4 Å². The Kier molecular flexibility index (Phi) is 4.48. The van der Waals surface area contributed by atoms with Gasteiger partial charge in [-0.1, -0.05) is 50.1 Å². The molecule has 0 atom stereocenters. The van der Waals surface area contributed by atoms with Crippen LogP contribution >= 0.6 is 11.6 Å². The number of aryl methyl sites for hydroxylation is 1. The molecule has 23 heavy (non-hydrogen) atoms. The van der Waals surface area contributed by atoms with Gasteiger partial charge in [0.05, 0.1) is 11.0 Å². The van der Waals surface area contributed by atoms with Gasteiger partial charge in [-0.25, -0.2) is 4.98 Å². The molecule has 0 aliphatic carbocycles. The van der Waals surface area contributed by atoms with E-state index in [1.807, 2.05) is 28.8 Å². The number of hydrogen-bond acceptors (Lipinski definition) is 4. The van der Waals surface area contributed by atoms with Crippen LogP contribution in [0.4, 0.5) is 0 Å². The molecule has 0 aliphatic rings. The van der Waals surface area contributed by atoms with Crippen LogP contribution in [-0.4, -0.2) is 20.5 Å². The highest BCUT2D eigenvalue weighted by atomic mass is 35.5. The summed E-state index contributed by atoms with van der Waals surface area (Å²) in [7, 11) is 0. The second kappa shape index (κ2) is 6.54. The van der Waals surface area contributed by atoms with Gasteiger partial charge in [0.1, 0.15) is 5.52 Å². The summed E-state index contributed by atoms with van der Waals surface area (Å²) in [5.74, 6) is -0.313. The summed E-state index contributed by atoms with van der Waals surface area (Å²) in [4.78, 5) is 20.5. The molecule has 0 spiro atoms. The van der Waals surface area contributed by atoms with E-state index in [-0.39, 0.29) is 5.97 Å². The minimum Gasteiger partial charge on any atom is -0.392 e. The molecule has 6 heteroatoms. The molecule has 3 aromatic rings. The highest BCUT2D eigenvalue weighted by Gasteiger charge is 2.19. The van der Waals surface area contributed by atoms with Crippen molar-refractivity contribution in [3.63, 3.8) is 0 Å². The first-order chi connectivity index (χ1) is 11.2. The maximum Gasteiger partial charge on any atom is 0.313 e. The third-order valence-corrected chi connectivity index (χ3v) is 4.00. The second-order valence-electron chi connectivity index (χ2n) is 5.34. The Morgan fingerprint density at radius 1 is 1.26 bits per heavy atom. The zero-order valence-electron chi connectivity index (χ0n) is 13.2. The van der Waals surface area contributed by atoms with E-state index in [1.165, 1.54) is 0 Å². The SMILES string of the molecule is CCCCn1c(OC(=O)CC)nc2c(Cl)nc3ccccc3c21. The van der Waals surface area contributed by atoms with Crippen molar-refractivity contribution in [1.82, 2.24) is 14.5 Å². The van der Waals surface area contributed by atoms with Gasteiger partial charge in [-0.05, 0) is 12.5 Å². The number of rotatable bonds is 5. The maximum absolute atomic E-state index is 11.7. The quantitative estimate of drug-likeness (QED) is 0.515. The van der Waals surface area contributed by atoms with Crippen LogP contribution in [0.2, 0.25) is 5.15 Å². The number of esters is 1. The molecule has 0 N–H and O–H groups in total. The Hall–Kier alpha value is -2.14. The number of hydrogen-bond donors (Lipinski definition) is 0. The van der Waals surface area contributed by atoms with Crippen molar-refractivity contribution < 1.29 is 9.53 Å². The molecule has 2 aromatic heterocycles. The summed E-state index contributed by atoms with van der Waals surface area (Å²) in [6, 6.07) is 8.06. The van der Waals surface area contributed by atoms with Crippen LogP contribution < -0.4 is 4.74 Å². The van der Waals surface area contributed by atoms with Gasteiger partial charge in [-0.2, -0.15) is 4.98 Å². The number of aromatic nitrogens is 3. The van der Waals surface area contributed by atoms with E-state index >= 15 is 0 Å². The molecule has 5 nitrogen and oxygen atoms in total. The van der Waals surface area contributed by atoms with Crippen LogP contribution in [-0.2, 0) is 11.3 Å². The number of unbranched alkanes of at least 4 members (excludes halogenated alkanes) is 1. The van der Waals surface area contributed by atoms with Crippen molar-refractivity contribution in [3.8, 4) is 6.01 Å². The molecular weight excluding hydrogens is 314 g/mol. The number of imidazole rings is 1. The number of carbonyl (C=O) groups excluding carboxylic acids is 1. The number of nitrogens with zero attached hydrogens (tertiary/aromatic N) is 3. The first kappa shape index (κ1) is 15.7. The smallest absolute Gasteiger partial charge is 0.313 e. The van der Waals surface area contributed by atoms with E-state index in [4.69, 9.17) is 16.3 Å². The van der Waals surface area contributed by atoms with Crippen molar-refractivity contribution in [2.24, 2.45) is 0 Å². The fourth-order valence-corrected chi connectivity index (χ4v) is 2.78. The molecule has 3 rings (SSSR count). The summed E-state index contributed by atoms with van der Waals surface area (Å²) < 4.78 is 7.34. The molecule has 2 heterocycles. The molecular formula is C17H18ClN3O2. The Morgan fingerprint density at radius 2 is 2.04 bits per heavy atom. The molecule has 120 valence electrons. The second-order valence-corrected chi connectivity index (χ2v) is 5.70. The van der Waals surface area contributed by atoms with Crippen molar-refractivity contribution in [2.75, 3.05) is 0 Å². The Labute approximate surface area is 139 Å². The predicted octanol–water partition coefficient (Wildman–Crippen LogP) is 4.35. The van der Waals surface area contributed by atoms with E-state index in [0.717, 1.165) is 29.3 Å². The van der Waals surface area contributed by atoms with Gasteiger partial charge in [-0.15, -0.1) is 0 Å². The average molecular weight is 332 g/mol. The lowest BCUT2D eigenvalue weighted by Crippen LogP contribution is -2.11. The number of carbonyl (C=O) groups is 1. The summed E-state index contributed by atoms with van der Waals surface area (Å²) >= 11 is 6.30. The number of pyridine rings is 1. The Morgan fingerprint density at radius 3 is 2.78 bits per heavy atom. The molecule has 0 amide bonds. The molecule has 0 radical (unpaired) electrons. The molecule has 1 aromatic carbocycles. The monoisotopic (exact) mass is 331 g/mol. The lowest BCUT2D eigenvalue weighted by atomic mass is 10.2. The minimum absolute atomic E-state index is 0.292. The zero-order chi connectivity index (χ0) is 16.4. The number of fused-ring (bicyclic) bond motifs is 3. The van der Waals surface area contributed by atoms with Gasteiger partial charge in [-0.3, -0.25) is 9.36 Å². The first-order valence-corrected chi connectivity index (χ1v) is 8.18. The third kappa shape index (κ3) is 2.88. The highest BCUT2D eigenvalue weighted by molar-refractivity contribution is 6.35. The average Bonchev–Trinajstić information content (AvgIpc) is 2.92. The number of benzene rings is 1. The number of ether oxygens (including phenoxy) is 1. The van der Waals surface area contributed by atoms with Crippen LogP contribution in [0.5, 0.6) is 6.01 Å². The van der Waals surface area contributed by atoms with Crippen LogP contribution in [0.15, 0.2) is 24.3 Å². The van der Waals surface area contributed by atoms with E-state index in [0.29, 0.717) is 29.6 Å². The van der Waals surface area contributed by atoms with Crippen LogP contribution in [0.1, 0.15) is 33.1 Å². The Bertz CT molecular complexity index is 873. The first-order valence-electron chi connectivity index (χ1n) is 7.80. The lowest BCUT2D eigenvalue weighted by molar-refractivity contribution is -0.134. The van der Waals surface area contributed by atoms with Gasteiger partial charge in [0.25, 0.3) is 0 Å².